The summed E-state index contributed by atoms with van der Waals surface area (Å²) in [4.78, 5) is 16.2. The van der Waals surface area contributed by atoms with Gasteiger partial charge >= 0.3 is 5.97 Å². The molecule has 4 rings (SSSR count). The van der Waals surface area contributed by atoms with Gasteiger partial charge in [-0.05, 0) is 82.1 Å². The van der Waals surface area contributed by atoms with Crippen LogP contribution in [0.4, 0.5) is 5.69 Å². The van der Waals surface area contributed by atoms with Crippen molar-refractivity contribution in [3.63, 3.8) is 0 Å². The molecular formula is C26H30BrClN2O2. The Kier molecular flexibility index (Phi) is 6.99. The molecule has 32 heavy (non-hydrogen) atoms. The summed E-state index contributed by atoms with van der Waals surface area (Å²) in [6.45, 7) is 9.63. The summed E-state index contributed by atoms with van der Waals surface area (Å²) >= 11 is 9.53. The Morgan fingerprint density at radius 1 is 1.09 bits per heavy atom. The maximum absolute atomic E-state index is 11.3. The van der Waals surface area contributed by atoms with E-state index < -0.39 is 5.97 Å². The molecule has 1 N–H and O–H groups in total. The van der Waals surface area contributed by atoms with E-state index in [0.717, 1.165) is 56.3 Å². The van der Waals surface area contributed by atoms with Crippen LogP contribution in [0.5, 0.6) is 0 Å². The number of rotatable bonds is 5. The number of anilines is 1. The number of hydrogen-bond donors (Lipinski definition) is 1. The minimum absolute atomic E-state index is 0.300. The van der Waals surface area contributed by atoms with Crippen molar-refractivity contribution in [3.8, 4) is 0 Å². The highest BCUT2D eigenvalue weighted by Crippen LogP contribution is 2.42. The zero-order valence-electron chi connectivity index (χ0n) is 18.7. The second-order valence-electron chi connectivity index (χ2n) is 9.66. The molecule has 1 saturated heterocycles. The van der Waals surface area contributed by atoms with Gasteiger partial charge in [0.05, 0.1) is 5.56 Å². The van der Waals surface area contributed by atoms with Crippen LogP contribution in [0.25, 0.3) is 5.57 Å². The summed E-state index contributed by atoms with van der Waals surface area (Å²) in [5.74, 6) is -0.909. The molecule has 0 bridgehead atoms. The van der Waals surface area contributed by atoms with Crippen LogP contribution in [-0.2, 0) is 0 Å². The average Bonchev–Trinajstić information content (AvgIpc) is 2.74. The van der Waals surface area contributed by atoms with E-state index in [2.05, 4.69) is 51.7 Å². The summed E-state index contributed by atoms with van der Waals surface area (Å²) in [5.41, 5.74) is 6.07. The van der Waals surface area contributed by atoms with Gasteiger partial charge in [0.2, 0.25) is 0 Å². The van der Waals surface area contributed by atoms with Gasteiger partial charge < -0.3 is 10.0 Å². The molecule has 0 radical (unpaired) electrons. The first kappa shape index (κ1) is 23.3. The summed E-state index contributed by atoms with van der Waals surface area (Å²) in [6.07, 6.45) is 3.46. The van der Waals surface area contributed by atoms with E-state index in [4.69, 9.17) is 11.6 Å². The second-order valence-corrected chi connectivity index (χ2v) is 11.0. The average molecular weight is 518 g/mol. The van der Waals surface area contributed by atoms with E-state index in [9.17, 15) is 9.90 Å². The fourth-order valence-electron chi connectivity index (χ4n) is 4.87. The molecule has 1 aliphatic carbocycles. The SMILES string of the molecule is CC1(C)CCC(c2ccc(Cl)cc2)=C(CN2CCN(c3ccc(C(=O)O)c(Br)c3)CC2)C1. The molecule has 170 valence electrons. The first-order valence-corrected chi connectivity index (χ1v) is 12.4. The highest BCUT2D eigenvalue weighted by atomic mass is 79.9. The van der Waals surface area contributed by atoms with E-state index in [1.54, 1.807) is 11.6 Å². The lowest BCUT2D eigenvalue weighted by molar-refractivity contribution is 0.0696. The zero-order chi connectivity index (χ0) is 22.9. The van der Waals surface area contributed by atoms with Gasteiger partial charge in [-0.25, -0.2) is 4.79 Å². The number of halogens is 2. The first-order chi connectivity index (χ1) is 15.2. The molecule has 4 nitrogen and oxygen atoms in total. The van der Waals surface area contributed by atoms with Crippen LogP contribution in [0, 0.1) is 5.41 Å². The Labute approximate surface area is 204 Å². The summed E-state index contributed by atoms with van der Waals surface area (Å²) < 4.78 is 0.632. The van der Waals surface area contributed by atoms with E-state index in [1.165, 1.54) is 17.6 Å². The summed E-state index contributed by atoms with van der Waals surface area (Å²) in [7, 11) is 0. The number of allylic oxidation sites excluding steroid dienone is 1. The number of benzene rings is 2. The van der Waals surface area contributed by atoms with Crippen LogP contribution in [0.2, 0.25) is 5.02 Å². The Morgan fingerprint density at radius 3 is 2.41 bits per heavy atom. The molecule has 0 spiro atoms. The Morgan fingerprint density at radius 2 is 1.78 bits per heavy atom. The van der Waals surface area contributed by atoms with Gasteiger partial charge in [-0.3, -0.25) is 4.90 Å². The van der Waals surface area contributed by atoms with Gasteiger partial charge in [-0.2, -0.15) is 0 Å². The topological polar surface area (TPSA) is 43.8 Å². The Balaban J connectivity index is 1.46. The molecular weight excluding hydrogens is 488 g/mol. The standard InChI is InChI=1S/C26H30BrClN2O2/c1-26(2)10-9-22(18-3-5-20(28)6-4-18)19(16-26)17-29-11-13-30(14-12-29)21-7-8-23(25(31)32)24(27)15-21/h3-8,15H,9-14,16-17H2,1-2H3,(H,31,32). The van der Waals surface area contributed by atoms with Crippen molar-refractivity contribution >= 4 is 44.8 Å². The van der Waals surface area contributed by atoms with Crippen LogP contribution in [-0.4, -0.2) is 48.7 Å². The maximum atomic E-state index is 11.3. The van der Waals surface area contributed by atoms with Crippen molar-refractivity contribution in [1.29, 1.82) is 0 Å². The Bertz CT molecular complexity index is 1020. The highest BCUT2D eigenvalue weighted by molar-refractivity contribution is 9.10. The Hall–Kier alpha value is -1.82. The quantitative estimate of drug-likeness (QED) is 0.486. The van der Waals surface area contributed by atoms with Crippen molar-refractivity contribution in [3.05, 3.63) is 68.7 Å². The van der Waals surface area contributed by atoms with Gasteiger partial charge in [0.15, 0.2) is 0 Å². The third-order valence-electron chi connectivity index (χ3n) is 6.70. The lowest BCUT2D eigenvalue weighted by Crippen LogP contribution is -2.47. The van der Waals surface area contributed by atoms with Crippen LogP contribution in [0.1, 0.15) is 49.0 Å². The van der Waals surface area contributed by atoms with E-state index >= 15 is 0 Å². The molecule has 1 aliphatic heterocycles. The second kappa shape index (κ2) is 9.58. The molecule has 0 unspecified atom stereocenters. The number of carbonyl (C=O) groups is 1. The van der Waals surface area contributed by atoms with Gasteiger partial charge in [0.25, 0.3) is 0 Å². The molecule has 2 aromatic carbocycles. The van der Waals surface area contributed by atoms with Crippen molar-refractivity contribution in [2.75, 3.05) is 37.6 Å². The first-order valence-electron chi connectivity index (χ1n) is 11.2. The minimum atomic E-state index is -0.909. The van der Waals surface area contributed by atoms with E-state index in [1.807, 2.05) is 24.3 Å². The van der Waals surface area contributed by atoms with Crippen molar-refractivity contribution in [2.24, 2.45) is 5.41 Å². The van der Waals surface area contributed by atoms with Gasteiger partial charge in [-0.1, -0.05) is 43.2 Å². The predicted octanol–water partition coefficient (Wildman–Crippen LogP) is 6.59. The van der Waals surface area contributed by atoms with E-state index in [-0.39, 0.29) is 0 Å². The number of piperazine rings is 1. The summed E-state index contributed by atoms with van der Waals surface area (Å²) in [5, 5.41) is 10.0. The number of aromatic carboxylic acids is 1. The lowest BCUT2D eigenvalue weighted by atomic mass is 9.73. The normalized spacial score (nSPS) is 19.3. The molecule has 0 atom stereocenters. The number of hydrogen-bond acceptors (Lipinski definition) is 3. The third kappa shape index (κ3) is 5.38. The van der Waals surface area contributed by atoms with Crippen molar-refractivity contribution in [1.82, 2.24) is 4.90 Å². The molecule has 0 aromatic heterocycles. The molecule has 2 aromatic rings. The largest absolute Gasteiger partial charge is 0.478 e. The monoisotopic (exact) mass is 516 g/mol. The number of nitrogens with zero attached hydrogens (tertiary/aromatic N) is 2. The van der Waals surface area contributed by atoms with Gasteiger partial charge in [0.1, 0.15) is 0 Å². The van der Waals surface area contributed by atoms with Crippen LogP contribution in [0.3, 0.4) is 0 Å². The molecule has 1 fully saturated rings. The number of carboxylic acid groups (broad SMARTS) is 1. The van der Waals surface area contributed by atoms with Crippen LogP contribution >= 0.6 is 27.5 Å². The van der Waals surface area contributed by atoms with Crippen LogP contribution < -0.4 is 4.90 Å². The fourth-order valence-corrected chi connectivity index (χ4v) is 5.53. The van der Waals surface area contributed by atoms with Crippen molar-refractivity contribution in [2.45, 2.75) is 33.1 Å². The highest BCUT2D eigenvalue weighted by Gasteiger charge is 2.29. The smallest absolute Gasteiger partial charge is 0.336 e. The third-order valence-corrected chi connectivity index (χ3v) is 7.61. The van der Waals surface area contributed by atoms with E-state index in [0.29, 0.717) is 15.5 Å². The maximum Gasteiger partial charge on any atom is 0.336 e. The molecule has 6 heteroatoms. The van der Waals surface area contributed by atoms with Gasteiger partial charge in [-0.15, -0.1) is 0 Å². The molecule has 2 aliphatic rings. The fraction of sp³-hybridized carbons (Fsp3) is 0.423. The van der Waals surface area contributed by atoms with Crippen LogP contribution in [0.15, 0.2) is 52.5 Å². The molecule has 0 amide bonds. The van der Waals surface area contributed by atoms with Gasteiger partial charge in [0, 0.05) is 47.9 Å². The van der Waals surface area contributed by atoms with Crippen molar-refractivity contribution < 1.29 is 9.90 Å². The zero-order valence-corrected chi connectivity index (χ0v) is 21.0. The lowest BCUT2D eigenvalue weighted by Gasteiger charge is -2.39. The number of carboxylic acids is 1. The predicted molar refractivity (Wildman–Crippen MR) is 136 cm³/mol. The summed E-state index contributed by atoms with van der Waals surface area (Å²) in [6, 6.07) is 13.8. The molecule has 0 saturated carbocycles. The minimum Gasteiger partial charge on any atom is -0.478 e. The molecule has 1 heterocycles.